The third-order valence-electron chi connectivity index (χ3n) is 3.84. The number of hydrogen-bond donors (Lipinski definition) is 3. The van der Waals surface area contributed by atoms with Gasteiger partial charge in [0.1, 0.15) is 18.1 Å². The number of methoxy groups -OCH3 is 1. The lowest BCUT2D eigenvalue weighted by atomic mass is 10.2. The van der Waals surface area contributed by atoms with Crippen molar-refractivity contribution in [2.24, 2.45) is 4.99 Å². The number of H-pyrrole nitrogens is 1. The predicted molar refractivity (Wildman–Crippen MR) is 109 cm³/mol. The van der Waals surface area contributed by atoms with Crippen LogP contribution < -0.4 is 15.4 Å². The van der Waals surface area contributed by atoms with Crippen LogP contribution in [0.15, 0.2) is 41.4 Å². The van der Waals surface area contributed by atoms with E-state index in [1.165, 1.54) is 9.75 Å². The Kier molecular flexibility index (Phi) is 6.43. The minimum absolute atomic E-state index is 0.419. The fourth-order valence-corrected chi connectivity index (χ4v) is 3.31. The van der Waals surface area contributed by atoms with Gasteiger partial charge in [-0.3, -0.25) is 5.10 Å². The molecule has 0 amide bonds. The number of rotatable bonds is 7. The quantitative estimate of drug-likeness (QED) is 0.430. The Balaban J connectivity index is 1.62. The average molecular weight is 385 g/mol. The van der Waals surface area contributed by atoms with E-state index in [4.69, 9.17) is 4.74 Å². The molecule has 0 aliphatic heterocycles. The van der Waals surface area contributed by atoms with Crippen molar-refractivity contribution in [2.75, 3.05) is 13.7 Å². The van der Waals surface area contributed by atoms with Crippen LogP contribution in [0.25, 0.3) is 11.4 Å². The molecule has 0 aliphatic rings. The summed E-state index contributed by atoms with van der Waals surface area (Å²) < 4.78 is 5.17. The topological polar surface area (TPSA) is 87.2 Å². The summed E-state index contributed by atoms with van der Waals surface area (Å²) in [6.07, 6.45) is 0. The number of aromatic amines is 1. The van der Waals surface area contributed by atoms with Crippen LogP contribution in [0.3, 0.4) is 0 Å². The van der Waals surface area contributed by atoms with Gasteiger partial charge in [-0.25, -0.2) is 9.98 Å². The molecule has 1 aromatic carbocycles. The van der Waals surface area contributed by atoms with E-state index in [1.807, 2.05) is 31.2 Å². The molecule has 8 heteroatoms. The number of nitrogens with zero attached hydrogens (tertiary/aromatic N) is 3. The highest BCUT2D eigenvalue weighted by molar-refractivity contribution is 7.11. The van der Waals surface area contributed by atoms with E-state index < -0.39 is 0 Å². The summed E-state index contributed by atoms with van der Waals surface area (Å²) in [6, 6.07) is 11.9. The highest BCUT2D eigenvalue weighted by Crippen LogP contribution is 2.19. The third kappa shape index (κ3) is 5.30. The SMILES string of the molecule is CCNC(=NCc1nc(-c2ccc(OC)cc2)n[nH]1)NCc1ccc(C)s1. The number of benzene rings is 1. The van der Waals surface area contributed by atoms with Gasteiger partial charge in [0.15, 0.2) is 11.8 Å². The second-order valence-electron chi connectivity index (χ2n) is 5.90. The Labute approximate surface area is 162 Å². The molecule has 27 heavy (non-hydrogen) atoms. The summed E-state index contributed by atoms with van der Waals surface area (Å²) in [7, 11) is 1.65. The predicted octanol–water partition coefficient (Wildman–Crippen LogP) is 3.11. The summed E-state index contributed by atoms with van der Waals surface area (Å²) in [5.74, 6) is 2.92. The number of guanidine groups is 1. The lowest BCUT2D eigenvalue weighted by molar-refractivity contribution is 0.415. The van der Waals surface area contributed by atoms with Crippen molar-refractivity contribution >= 4 is 17.3 Å². The first-order chi connectivity index (χ1) is 13.2. The van der Waals surface area contributed by atoms with Crippen LogP contribution in [0.4, 0.5) is 0 Å². The molecule has 2 aromatic heterocycles. The van der Waals surface area contributed by atoms with Gasteiger partial charge in [0, 0.05) is 21.9 Å². The maximum Gasteiger partial charge on any atom is 0.191 e. The molecule has 0 saturated carbocycles. The fourth-order valence-electron chi connectivity index (χ4n) is 2.48. The Hall–Kier alpha value is -2.87. The van der Waals surface area contributed by atoms with Gasteiger partial charge in [-0.15, -0.1) is 11.3 Å². The molecule has 0 atom stereocenters. The zero-order valence-electron chi connectivity index (χ0n) is 15.7. The smallest absolute Gasteiger partial charge is 0.191 e. The van der Waals surface area contributed by atoms with E-state index in [-0.39, 0.29) is 0 Å². The van der Waals surface area contributed by atoms with Gasteiger partial charge in [0.25, 0.3) is 0 Å². The maximum atomic E-state index is 5.17. The zero-order chi connectivity index (χ0) is 19.1. The first kappa shape index (κ1) is 18.9. The van der Waals surface area contributed by atoms with Gasteiger partial charge >= 0.3 is 0 Å². The zero-order valence-corrected chi connectivity index (χ0v) is 16.6. The third-order valence-corrected chi connectivity index (χ3v) is 4.84. The van der Waals surface area contributed by atoms with Crippen molar-refractivity contribution in [3.63, 3.8) is 0 Å². The monoisotopic (exact) mass is 384 g/mol. The van der Waals surface area contributed by atoms with E-state index in [9.17, 15) is 0 Å². The van der Waals surface area contributed by atoms with E-state index in [2.05, 4.69) is 49.9 Å². The first-order valence-electron chi connectivity index (χ1n) is 8.81. The number of aromatic nitrogens is 3. The molecule has 2 heterocycles. The summed E-state index contributed by atoms with van der Waals surface area (Å²) in [5, 5.41) is 13.8. The summed E-state index contributed by atoms with van der Waals surface area (Å²) in [4.78, 5) is 11.7. The average Bonchev–Trinajstić information content (AvgIpc) is 3.33. The molecule has 0 unspecified atom stereocenters. The van der Waals surface area contributed by atoms with Gasteiger partial charge in [0.05, 0.1) is 13.7 Å². The van der Waals surface area contributed by atoms with Crippen LogP contribution in [0, 0.1) is 6.92 Å². The van der Waals surface area contributed by atoms with E-state index in [0.717, 1.165) is 30.4 Å². The minimum Gasteiger partial charge on any atom is -0.497 e. The Morgan fingerprint density at radius 3 is 2.67 bits per heavy atom. The number of aliphatic imine (C=N–C) groups is 1. The highest BCUT2D eigenvalue weighted by atomic mass is 32.1. The summed E-state index contributed by atoms with van der Waals surface area (Å²) >= 11 is 1.78. The number of nitrogens with one attached hydrogen (secondary N) is 3. The van der Waals surface area contributed by atoms with E-state index in [0.29, 0.717) is 18.2 Å². The first-order valence-corrected chi connectivity index (χ1v) is 9.62. The van der Waals surface area contributed by atoms with Crippen molar-refractivity contribution in [1.29, 1.82) is 0 Å². The fraction of sp³-hybridized carbons (Fsp3) is 0.316. The molecule has 0 spiro atoms. The maximum absolute atomic E-state index is 5.17. The molecule has 3 aromatic rings. The highest BCUT2D eigenvalue weighted by Gasteiger charge is 2.07. The molecule has 0 fully saturated rings. The van der Waals surface area contributed by atoms with Gasteiger partial charge < -0.3 is 15.4 Å². The standard InChI is InChI=1S/C19H24N6OS/c1-4-20-19(21-11-16-10-5-13(2)27-16)22-12-17-23-18(25-24-17)14-6-8-15(26-3)9-7-14/h5-10H,4,11-12H2,1-3H3,(H2,20,21,22)(H,23,24,25). The van der Waals surface area contributed by atoms with Gasteiger partial charge in [-0.1, -0.05) is 0 Å². The number of ether oxygens (including phenoxy) is 1. The van der Waals surface area contributed by atoms with Crippen LogP contribution in [0.2, 0.25) is 0 Å². The van der Waals surface area contributed by atoms with Crippen molar-refractivity contribution in [3.8, 4) is 17.1 Å². The summed E-state index contributed by atoms with van der Waals surface area (Å²) in [6.45, 7) is 6.11. The second-order valence-corrected chi connectivity index (χ2v) is 7.27. The van der Waals surface area contributed by atoms with Gasteiger partial charge in [-0.2, -0.15) is 5.10 Å². The molecule has 3 rings (SSSR count). The molecule has 0 saturated heterocycles. The van der Waals surface area contributed by atoms with Crippen molar-refractivity contribution in [3.05, 3.63) is 52.0 Å². The molecule has 7 nitrogen and oxygen atoms in total. The van der Waals surface area contributed by atoms with E-state index >= 15 is 0 Å². The Bertz CT molecular complexity index is 884. The van der Waals surface area contributed by atoms with Crippen molar-refractivity contribution < 1.29 is 4.74 Å². The lowest BCUT2D eigenvalue weighted by Crippen LogP contribution is -2.36. The molecule has 0 radical (unpaired) electrons. The minimum atomic E-state index is 0.419. The number of aryl methyl sites for hydroxylation is 1. The molecule has 0 bridgehead atoms. The van der Waals surface area contributed by atoms with Crippen LogP contribution in [-0.2, 0) is 13.1 Å². The molecule has 142 valence electrons. The summed E-state index contributed by atoms with van der Waals surface area (Å²) in [5.41, 5.74) is 0.931. The van der Waals surface area contributed by atoms with Gasteiger partial charge in [-0.05, 0) is 50.2 Å². The lowest BCUT2D eigenvalue weighted by Gasteiger charge is -2.09. The Morgan fingerprint density at radius 1 is 1.19 bits per heavy atom. The van der Waals surface area contributed by atoms with Crippen molar-refractivity contribution in [2.45, 2.75) is 26.9 Å². The van der Waals surface area contributed by atoms with Crippen LogP contribution in [-0.4, -0.2) is 34.8 Å². The van der Waals surface area contributed by atoms with Gasteiger partial charge in [0.2, 0.25) is 0 Å². The van der Waals surface area contributed by atoms with Crippen LogP contribution in [0.1, 0.15) is 22.5 Å². The number of thiophene rings is 1. The number of hydrogen-bond acceptors (Lipinski definition) is 5. The Morgan fingerprint density at radius 2 is 2.00 bits per heavy atom. The van der Waals surface area contributed by atoms with E-state index in [1.54, 1.807) is 18.4 Å². The molecular weight excluding hydrogens is 360 g/mol. The van der Waals surface area contributed by atoms with Crippen LogP contribution in [0.5, 0.6) is 5.75 Å². The normalized spacial score (nSPS) is 11.4. The second kappa shape index (κ2) is 9.18. The molecule has 3 N–H and O–H groups in total. The molecular formula is C19H24N6OS. The van der Waals surface area contributed by atoms with Crippen LogP contribution >= 0.6 is 11.3 Å². The van der Waals surface area contributed by atoms with Crippen molar-refractivity contribution in [1.82, 2.24) is 25.8 Å². The molecule has 0 aliphatic carbocycles. The largest absolute Gasteiger partial charge is 0.497 e.